The Morgan fingerprint density at radius 3 is 2.56 bits per heavy atom. The molecular weight excluding hydrogens is 375 g/mol. The first-order valence-corrected chi connectivity index (χ1v) is 7.30. The molecule has 1 aromatic carbocycles. The number of halogens is 3. The molecule has 1 unspecified atom stereocenters. The monoisotopic (exact) mass is 380 g/mol. The van der Waals surface area contributed by atoms with Crippen molar-refractivity contribution >= 4 is 54.8 Å². The van der Waals surface area contributed by atoms with Crippen molar-refractivity contribution in [3.8, 4) is 0 Å². The van der Waals surface area contributed by atoms with E-state index in [0.29, 0.717) is 10.6 Å². The van der Waals surface area contributed by atoms with Gasteiger partial charge in [-0.25, -0.2) is 0 Å². The van der Waals surface area contributed by atoms with Crippen LogP contribution in [0.5, 0.6) is 0 Å². The minimum Gasteiger partial charge on any atom is -0.383 e. The van der Waals surface area contributed by atoms with E-state index >= 15 is 0 Å². The van der Waals surface area contributed by atoms with Gasteiger partial charge in [-0.2, -0.15) is 0 Å². The predicted octanol–water partition coefficient (Wildman–Crippen LogP) is 5.01. The SMILES string of the molecule is OC(c1ccc(Br)cc1Cl)c1sccc1Br. The molecule has 16 heavy (non-hydrogen) atoms. The van der Waals surface area contributed by atoms with E-state index in [1.165, 1.54) is 11.3 Å². The third-order valence-electron chi connectivity index (χ3n) is 2.15. The summed E-state index contributed by atoms with van der Waals surface area (Å²) in [5, 5.41) is 12.7. The first-order chi connectivity index (χ1) is 7.59. The van der Waals surface area contributed by atoms with Gasteiger partial charge in [-0.3, -0.25) is 0 Å². The zero-order valence-corrected chi connectivity index (χ0v) is 12.7. The van der Waals surface area contributed by atoms with E-state index in [-0.39, 0.29) is 0 Å². The van der Waals surface area contributed by atoms with Gasteiger partial charge in [0.25, 0.3) is 0 Å². The minimum atomic E-state index is -0.685. The van der Waals surface area contributed by atoms with Crippen LogP contribution in [0.2, 0.25) is 5.02 Å². The molecular formula is C11H7Br2ClOS. The summed E-state index contributed by atoms with van der Waals surface area (Å²) in [5.74, 6) is 0. The molecule has 1 atom stereocenters. The predicted molar refractivity (Wildman–Crippen MR) is 75.2 cm³/mol. The molecule has 0 amide bonds. The normalized spacial score (nSPS) is 12.8. The van der Waals surface area contributed by atoms with Crippen molar-refractivity contribution in [2.75, 3.05) is 0 Å². The van der Waals surface area contributed by atoms with Crippen LogP contribution in [-0.2, 0) is 0 Å². The van der Waals surface area contributed by atoms with Crippen LogP contribution in [0.25, 0.3) is 0 Å². The highest BCUT2D eigenvalue weighted by atomic mass is 79.9. The van der Waals surface area contributed by atoms with E-state index in [2.05, 4.69) is 31.9 Å². The molecule has 1 N–H and O–H groups in total. The van der Waals surface area contributed by atoms with E-state index in [9.17, 15) is 5.11 Å². The van der Waals surface area contributed by atoms with Gasteiger partial charge in [-0.15, -0.1) is 11.3 Å². The van der Waals surface area contributed by atoms with Gasteiger partial charge in [0.2, 0.25) is 0 Å². The molecule has 84 valence electrons. The van der Waals surface area contributed by atoms with Gasteiger partial charge < -0.3 is 5.11 Å². The van der Waals surface area contributed by atoms with Gasteiger partial charge in [0.15, 0.2) is 0 Å². The fourth-order valence-corrected chi connectivity index (χ4v) is 3.73. The van der Waals surface area contributed by atoms with Crippen LogP contribution in [-0.4, -0.2) is 5.11 Å². The van der Waals surface area contributed by atoms with Gasteiger partial charge >= 0.3 is 0 Å². The summed E-state index contributed by atoms with van der Waals surface area (Å²) in [6.07, 6.45) is -0.685. The Bertz CT molecular complexity index is 512. The second-order valence-electron chi connectivity index (χ2n) is 3.20. The van der Waals surface area contributed by atoms with Crippen LogP contribution >= 0.6 is 54.8 Å². The molecule has 0 aliphatic carbocycles. The Morgan fingerprint density at radius 1 is 1.25 bits per heavy atom. The maximum atomic E-state index is 10.2. The Morgan fingerprint density at radius 2 is 2.00 bits per heavy atom. The first kappa shape index (κ1) is 12.6. The fraction of sp³-hybridized carbons (Fsp3) is 0.0909. The topological polar surface area (TPSA) is 20.2 Å². The average Bonchev–Trinajstić information content (AvgIpc) is 2.63. The number of aliphatic hydroxyl groups excluding tert-OH is 1. The Balaban J connectivity index is 2.41. The van der Waals surface area contributed by atoms with E-state index in [4.69, 9.17) is 11.6 Å². The maximum absolute atomic E-state index is 10.2. The molecule has 0 aliphatic rings. The minimum absolute atomic E-state index is 0.558. The molecule has 5 heteroatoms. The molecule has 0 radical (unpaired) electrons. The van der Waals surface area contributed by atoms with Crippen molar-refractivity contribution in [2.45, 2.75) is 6.10 Å². The molecule has 0 bridgehead atoms. The van der Waals surface area contributed by atoms with Crippen LogP contribution in [0.15, 0.2) is 38.6 Å². The van der Waals surface area contributed by atoms with Crippen molar-refractivity contribution < 1.29 is 5.11 Å². The standard InChI is InChI=1S/C11H7Br2ClOS/c12-6-1-2-7(9(14)5-6)10(15)11-8(13)3-4-16-11/h1-5,10,15H. The number of rotatable bonds is 2. The van der Waals surface area contributed by atoms with Crippen LogP contribution in [0.3, 0.4) is 0 Å². The molecule has 2 aromatic rings. The maximum Gasteiger partial charge on any atom is 0.116 e. The van der Waals surface area contributed by atoms with Crippen molar-refractivity contribution in [1.29, 1.82) is 0 Å². The smallest absolute Gasteiger partial charge is 0.116 e. The molecule has 0 aliphatic heterocycles. The highest BCUT2D eigenvalue weighted by molar-refractivity contribution is 9.10. The summed E-state index contributed by atoms with van der Waals surface area (Å²) in [4.78, 5) is 0.865. The molecule has 0 saturated carbocycles. The third-order valence-corrected chi connectivity index (χ3v) is 4.89. The molecule has 1 heterocycles. The third kappa shape index (κ3) is 2.51. The van der Waals surface area contributed by atoms with Crippen molar-refractivity contribution in [2.24, 2.45) is 0 Å². The van der Waals surface area contributed by atoms with Gasteiger partial charge in [0.1, 0.15) is 6.10 Å². The lowest BCUT2D eigenvalue weighted by molar-refractivity contribution is 0.223. The Labute approximate surface area is 119 Å². The number of thiophene rings is 1. The fourth-order valence-electron chi connectivity index (χ4n) is 1.37. The number of hydrogen-bond donors (Lipinski definition) is 1. The van der Waals surface area contributed by atoms with Crippen LogP contribution < -0.4 is 0 Å². The van der Waals surface area contributed by atoms with Crippen LogP contribution in [0.4, 0.5) is 0 Å². The Kier molecular flexibility index (Phi) is 4.08. The van der Waals surface area contributed by atoms with Crippen molar-refractivity contribution in [3.05, 3.63) is 54.1 Å². The summed E-state index contributed by atoms with van der Waals surface area (Å²) in [5.41, 5.74) is 0.716. The second-order valence-corrected chi connectivity index (χ2v) is 6.33. The largest absolute Gasteiger partial charge is 0.383 e. The van der Waals surface area contributed by atoms with Gasteiger partial charge in [0, 0.05) is 19.5 Å². The molecule has 2 rings (SSSR count). The lowest BCUT2D eigenvalue weighted by atomic mass is 10.1. The molecule has 0 spiro atoms. The summed E-state index contributed by atoms with van der Waals surface area (Å²) in [7, 11) is 0. The molecule has 0 saturated heterocycles. The summed E-state index contributed by atoms with van der Waals surface area (Å²) >= 11 is 14.3. The lowest BCUT2D eigenvalue weighted by Crippen LogP contribution is -1.98. The highest BCUT2D eigenvalue weighted by Gasteiger charge is 2.17. The average molecular weight is 383 g/mol. The summed E-state index contributed by atoms with van der Waals surface area (Å²) < 4.78 is 1.81. The number of benzene rings is 1. The van der Waals surface area contributed by atoms with E-state index < -0.39 is 6.10 Å². The van der Waals surface area contributed by atoms with Crippen LogP contribution in [0.1, 0.15) is 16.5 Å². The first-order valence-electron chi connectivity index (χ1n) is 4.45. The zero-order valence-electron chi connectivity index (χ0n) is 7.95. The van der Waals surface area contributed by atoms with E-state index in [0.717, 1.165) is 13.8 Å². The zero-order chi connectivity index (χ0) is 11.7. The van der Waals surface area contributed by atoms with E-state index in [1.807, 2.05) is 23.6 Å². The molecule has 1 aromatic heterocycles. The molecule has 1 nitrogen and oxygen atoms in total. The lowest BCUT2D eigenvalue weighted by Gasteiger charge is -2.12. The van der Waals surface area contributed by atoms with Gasteiger partial charge in [-0.05, 0) is 39.5 Å². The van der Waals surface area contributed by atoms with Crippen molar-refractivity contribution in [3.63, 3.8) is 0 Å². The number of hydrogen-bond acceptors (Lipinski definition) is 2. The van der Waals surface area contributed by atoms with Gasteiger partial charge in [0.05, 0.1) is 4.88 Å². The summed E-state index contributed by atoms with van der Waals surface area (Å²) in [6, 6.07) is 7.38. The van der Waals surface area contributed by atoms with Crippen molar-refractivity contribution in [1.82, 2.24) is 0 Å². The Hall–Kier alpha value is 0.130. The number of aliphatic hydroxyl groups is 1. The second kappa shape index (κ2) is 5.19. The quantitative estimate of drug-likeness (QED) is 0.774. The van der Waals surface area contributed by atoms with Crippen LogP contribution in [0, 0.1) is 0 Å². The van der Waals surface area contributed by atoms with Gasteiger partial charge in [-0.1, -0.05) is 33.6 Å². The molecule has 0 fully saturated rings. The summed E-state index contributed by atoms with van der Waals surface area (Å²) in [6.45, 7) is 0. The van der Waals surface area contributed by atoms with E-state index in [1.54, 1.807) is 6.07 Å². The highest BCUT2D eigenvalue weighted by Crippen LogP contribution is 2.36.